The van der Waals surface area contributed by atoms with Gasteiger partial charge in [-0.3, -0.25) is 4.79 Å². The lowest BCUT2D eigenvalue weighted by atomic mass is 9.85. The number of benzene rings is 3. The van der Waals surface area contributed by atoms with Crippen molar-refractivity contribution in [1.82, 2.24) is 0 Å². The first-order valence-corrected chi connectivity index (χ1v) is 10.4. The third-order valence-electron chi connectivity index (χ3n) is 5.76. The summed E-state index contributed by atoms with van der Waals surface area (Å²) in [7, 11) is 1.33. The third kappa shape index (κ3) is 3.25. The van der Waals surface area contributed by atoms with E-state index in [-0.39, 0.29) is 34.3 Å². The van der Waals surface area contributed by atoms with Gasteiger partial charge in [0, 0.05) is 23.8 Å². The van der Waals surface area contributed by atoms with Crippen LogP contribution < -0.4 is 18.9 Å². The predicted molar refractivity (Wildman–Crippen MR) is 120 cm³/mol. The molecule has 2 unspecified atom stereocenters. The topological polar surface area (TPSA) is 172 Å². The molecule has 0 aliphatic carbocycles. The molecular formula is C25H18O11. The number of phenolic OH excluding ortho intramolecular Hbond substituents is 3. The maximum atomic E-state index is 13.6. The zero-order valence-electron chi connectivity index (χ0n) is 18.5. The number of ether oxygens (including phenoxy) is 4. The Bertz CT molecular complexity index is 1460. The molecule has 2 heterocycles. The molecule has 0 amide bonds. The van der Waals surface area contributed by atoms with Crippen LogP contribution in [-0.2, 0) is 10.6 Å². The van der Waals surface area contributed by atoms with Gasteiger partial charge >= 0.3 is 17.5 Å². The van der Waals surface area contributed by atoms with Crippen molar-refractivity contribution in [2.75, 3.05) is 7.11 Å². The highest BCUT2D eigenvalue weighted by atomic mass is 16.8. The van der Waals surface area contributed by atoms with E-state index in [2.05, 4.69) is 0 Å². The van der Waals surface area contributed by atoms with E-state index < -0.39 is 40.4 Å². The van der Waals surface area contributed by atoms with Crippen LogP contribution in [-0.4, -0.2) is 50.2 Å². The number of rotatable bonds is 4. The number of ketones is 1. The van der Waals surface area contributed by atoms with E-state index in [4.69, 9.17) is 24.1 Å². The van der Waals surface area contributed by atoms with E-state index in [1.807, 2.05) is 0 Å². The molecule has 5 rings (SSSR count). The van der Waals surface area contributed by atoms with Gasteiger partial charge in [-0.25, -0.2) is 4.79 Å². The molecule has 11 heteroatoms. The number of aliphatic hydroxyl groups is 1. The molecule has 3 aromatic rings. The molecular weight excluding hydrogens is 476 g/mol. The van der Waals surface area contributed by atoms with Gasteiger partial charge in [-0.2, -0.15) is 0 Å². The molecule has 2 atom stereocenters. The Hall–Kier alpha value is -4.90. The number of hydrogen-bond donors (Lipinski definition) is 5. The molecule has 0 saturated heterocycles. The summed E-state index contributed by atoms with van der Waals surface area (Å²) in [6, 6.07) is 10.0. The number of carboxylic acids is 1. The second-order valence-electron chi connectivity index (χ2n) is 8.00. The fourth-order valence-corrected chi connectivity index (χ4v) is 4.12. The van der Waals surface area contributed by atoms with E-state index in [1.165, 1.54) is 43.5 Å². The molecule has 0 radical (unpaired) electrons. The number of hydrogen-bond acceptors (Lipinski definition) is 10. The Morgan fingerprint density at radius 3 is 2.36 bits per heavy atom. The predicted octanol–water partition coefficient (Wildman–Crippen LogP) is 2.50. The zero-order chi connectivity index (χ0) is 25.8. The molecule has 11 nitrogen and oxygen atoms in total. The van der Waals surface area contributed by atoms with Crippen LogP contribution in [0, 0.1) is 0 Å². The molecule has 36 heavy (non-hydrogen) atoms. The Morgan fingerprint density at radius 2 is 1.67 bits per heavy atom. The highest BCUT2D eigenvalue weighted by Gasteiger charge is 2.70. The van der Waals surface area contributed by atoms with Crippen molar-refractivity contribution in [3.8, 4) is 40.2 Å². The van der Waals surface area contributed by atoms with Crippen LogP contribution >= 0.6 is 0 Å². The first kappa shape index (κ1) is 22.9. The van der Waals surface area contributed by atoms with Crippen molar-refractivity contribution >= 4 is 17.8 Å². The summed E-state index contributed by atoms with van der Waals surface area (Å²) in [4.78, 5) is 24.5. The molecule has 5 N–H and O–H groups in total. The summed E-state index contributed by atoms with van der Waals surface area (Å²) in [5, 5.41) is 51.4. The quantitative estimate of drug-likeness (QED) is 0.337. The molecule has 3 aromatic carbocycles. The van der Waals surface area contributed by atoms with Crippen molar-refractivity contribution in [1.29, 1.82) is 0 Å². The minimum Gasteiger partial charge on any atom is -0.508 e. The standard InChI is InChI=1S/C25H18O11/c1-33-17-6-4-13(9-15(17)27)25-24(32,23(31)22-16(28)10-14(26)11-20(22)36-25)34-19-8-12(3-7-21(29)30)2-5-18(19)35-25/h2-11,26-28,32H,1H3,(H,29,30)/b7-3+. The monoisotopic (exact) mass is 494 g/mol. The first-order valence-electron chi connectivity index (χ1n) is 10.4. The van der Waals surface area contributed by atoms with Crippen LogP contribution in [0.3, 0.4) is 0 Å². The third-order valence-corrected chi connectivity index (χ3v) is 5.76. The summed E-state index contributed by atoms with van der Waals surface area (Å²) in [5.41, 5.74) is -0.182. The number of phenols is 3. The molecule has 184 valence electrons. The van der Waals surface area contributed by atoms with E-state index in [1.54, 1.807) is 0 Å². The number of carbonyl (C=O) groups excluding carboxylic acids is 1. The van der Waals surface area contributed by atoms with Gasteiger partial charge < -0.3 is 44.5 Å². The largest absolute Gasteiger partial charge is 0.508 e. The van der Waals surface area contributed by atoms with E-state index in [0.29, 0.717) is 5.56 Å². The lowest BCUT2D eigenvalue weighted by Crippen LogP contribution is -2.70. The normalized spacial score (nSPS) is 21.9. The summed E-state index contributed by atoms with van der Waals surface area (Å²) in [6.45, 7) is 0. The Morgan fingerprint density at radius 1 is 0.917 bits per heavy atom. The average Bonchev–Trinajstić information content (AvgIpc) is 2.82. The molecule has 0 saturated carbocycles. The summed E-state index contributed by atoms with van der Waals surface area (Å²) >= 11 is 0. The number of carbonyl (C=O) groups is 2. The van der Waals surface area contributed by atoms with Crippen LogP contribution in [0.5, 0.6) is 40.2 Å². The number of aromatic hydroxyl groups is 3. The first-order chi connectivity index (χ1) is 17.1. The fourth-order valence-electron chi connectivity index (χ4n) is 4.12. The second-order valence-corrected chi connectivity index (χ2v) is 8.00. The molecule has 0 spiro atoms. The summed E-state index contributed by atoms with van der Waals surface area (Å²) in [6.07, 6.45) is 2.16. The Balaban J connectivity index is 1.74. The van der Waals surface area contributed by atoms with Crippen LogP contribution in [0.15, 0.2) is 54.6 Å². The number of carboxylic acid groups (broad SMARTS) is 1. The van der Waals surface area contributed by atoms with Crippen LogP contribution in [0.25, 0.3) is 6.08 Å². The number of Topliss-reactive ketones (excluding diaryl/α,β-unsaturated/α-hetero) is 1. The van der Waals surface area contributed by atoms with E-state index in [0.717, 1.165) is 24.3 Å². The maximum Gasteiger partial charge on any atom is 0.357 e. The van der Waals surface area contributed by atoms with Gasteiger partial charge in [-0.1, -0.05) is 6.07 Å². The van der Waals surface area contributed by atoms with Crippen molar-refractivity contribution in [2.45, 2.75) is 11.6 Å². The Kier molecular flexibility index (Phi) is 4.97. The second kappa shape index (κ2) is 7.82. The molecule has 2 aliphatic heterocycles. The van der Waals surface area contributed by atoms with Gasteiger partial charge in [0.05, 0.1) is 7.11 Å². The number of aliphatic carboxylic acids is 1. The van der Waals surface area contributed by atoms with Gasteiger partial charge in [0.15, 0.2) is 23.0 Å². The number of fused-ring (bicyclic) bond motifs is 3. The van der Waals surface area contributed by atoms with Crippen LogP contribution in [0.1, 0.15) is 21.5 Å². The Labute approximate surface area is 202 Å². The molecule has 0 aromatic heterocycles. The SMILES string of the molecule is COc1ccc(C23Oc4ccc(/C=C/C(=O)O)cc4OC2(O)C(=O)c2c(O)cc(O)cc2O3)cc1O. The van der Waals surface area contributed by atoms with E-state index >= 15 is 0 Å². The minimum atomic E-state index is -2.95. The van der Waals surface area contributed by atoms with Crippen LogP contribution in [0.4, 0.5) is 0 Å². The summed E-state index contributed by atoms with van der Waals surface area (Å²) < 4.78 is 22.8. The van der Waals surface area contributed by atoms with Gasteiger partial charge in [-0.15, -0.1) is 0 Å². The van der Waals surface area contributed by atoms with Crippen LogP contribution in [0.2, 0.25) is 0 Å². The lowest BCUT2D eigenvalue weighted by molar-refractivity contribution is -0.316. The highest BCUT2D eigenvalue weighted by molar-refractivity contribution is 6.08. The highest BCUT2D eigenvalue weighted by Crippen LogP contribution is 2.55. The molecule has 0 bridgehead atoms. The zero-order valence-corrected chi connectivity index (χ0v) is 18.5. The van der Waals surface area contributed by atoms with E-state index in [9.17, 15) is 30.0 Å². The van der Waals surface area contributed by atoms with Crippen molar-refractivity contribution in [3.05, 3.63) is 71.3 Å². The van der Waals surface area contributed by atoms with Gasteiger partial charge in [0.25, 0.3) is 5.78 Å². The smallest absolute Gasteiger partial charge is 0.357 e. The van der Waals surface area contributed by atoms with Gasteiger partial charge in [0.2, 0.25) is 0 Å². The fraction of sp³-hybridized carbons (Fsp3) is 0.120. The van der Waals surface area contributed by atoms with Gasteiger partial charge in [-0.05, 0) is 42.0 Å². The summed E-state index contributed by atoms with van der Waals surface area (Å²) in [5.74, 6) is -9.57. The lowest BCUT2D eigenvalue weighted by Gasteiger charge is -2.50. The minimum absolute atomic E-state index is 0.00285. The van der Waals surface area contributed by atoms with Gasteiger partial charge in [0.1, 0.15) is 22.8 Å². The van der Waals surface area contributed by atoms with Crippen molar-refractivity contribution in [3.63, 3.8) is 0 Å². The molecule has 0 fully saturated rings. The molecule has 2 aliphatic rings. The maximum absolute atomic E-state index is 13.6. The van der Waals surface area contributed by atoms with Crippen molar-refractivity contribution in [2.24, 2.45) is 0 Å². The number of methoxy groups -OCH3 is 1. The van der Waals surface area contributed by atoms with Crippen molar-refractivity contribution < 1.29 is 54.1 Å². The average molecular weight is 494 g/mol.